The van der Waals surface area contributed by atoms with Gasteiger partial charge in [0.1, 0.15) is 0 Å². The Labute approximate surface area is 177 Å². The fourth-order valence-electron chi connectivity index (χ4n) is 3.61. The van der Waals surface area contributed by atoms with E-state index in [4.69, 9.17) is 32.7 Å². The average molecular weight is 426 g/mol. The Bertz CT molecular complexity index is 1120. The number of nitrogens with zero attached hydrogens (tertiary/aromatic N) is 3. The Morgan fingerprint density at radius 3 is 2.87 bits per heavy atom. The molecule has 1 amide bonds. The van der Waals surface area contributed by atoms with Crippen molar-refractivity contribution in [3.05, 3.63) is 47.0 Å². The number of amides is 1. The van der Waals surface area contributed by atoms with E-state index >= 15 is 0 Å². The fourth-order valence-corrected chi connectivity index (χ4v) is 3.87. The van der Waals surface area contributed by atoms with Crippen LogP contribution < -0.4 is 20.9 Å². The molecule has 1 aliphatic rings. The van der Waals surface area contributed by atoms with Crippen LogP contribution in [-0.2, 0) is 0 Å². The summed E-state index contributed by atoms with van der Waals surface area (Å²) in [6.07, 6.45) is 2.76. The van der Waals surface area contributed by atoms with Gasteiger partial charge in [0.2, 0.25) is 0 Å². The lowest BCUT2D eigenvalue weighted by molar-refractivity contribution is 0.0940. The van der Waals surface area contributed by atoms with Crippen molar-refractivity contribution in [2.45, 2.75) is 12.5 Å². The van der Waals surface area contributed by atoms with Crippen molar-refractivity contribution in [1.82, 2.24) is 10.5 Å². The van der Waals surface area contributed by atoms with E-state index in [1.807, 2.05) is 18.2 Å². The molecule has 5 N–H and O–H groups in total. The van der Waals surface area contributed by atoms with E-state index in [0.717, 1.165) is 36.7 Å². The Morgan fingerprint density at radius 1 is 1.33 bits per heavy atom. The second-order valence-corrected chi connectivity index (χ2v) is 7.36. The van der Waals surface area contributed by atoms with E-state index in [1.165, 1.54) is 4.90 Å². The molecule has 2 heterocycles. The topological polar surface area (TPSA) is 135 Å². The molecule has 30 heavy (non-hydrogen) atoms. The summed E-state index contributed by atoms with van der Waals surface area (Å²) in [7, 11) is 0. The third-order valence-electron chi connectivity index (χ3n) is 5.14. The quantitative estimate of drug-likeness (QED) is 0.354. The van der Waals surface area contributed by atoms with Gasteiger partial charge in [0.25, 0.3) is 5.91 Å². The number of nitrogen functional groups attached to an aromatic ring is 1. The predicted molar refractivity (Wildman–Crippen MR) is 118 cm³/mol. The van der Waals surface area contributed by atoms with Crippen LogP contribution in [0.2, 0.25) is 5.02 Å². The summed E-state index contributed by atoms with van der Waals surface area (Å²) >= 11 is 6.28. The zero-order valence-corrected chi connectivity index (χ0v) is 16.7. The molecule has 0 radical (unpaired) electrons. The van der Waals surface area contributed by atoms with E-state index in [1.54, 1.807) is 18.2 Å². The van der Waals surface area contributed by atoms with Crippen molar-refractivity contribution in [1.29, 1.82) is 10.8 Å². The highest BCUT2D eigenvalue weighted by molar-refractivity contribution is 6.34. The molecule has 1 unspecified atom stereocenters. The van der Waals surface area contributed by atoms with Gasteiger partial charge in [0.05, 0.1) is 34.3 Å². The molecule has 2 aromatic carbocycles. The number of anilines is 3. The van der Waals surface area contributed by atoms with Gasteiger partial charge >= 0.3 is 0 Å². The van der Waals surface area contributed by atoms with Crippen molar-refractivity contribution in [2.24, 2.45) is 0 Å². The number of hydrogen-bond donors (Lipinski definition) is 4. The van der Waals surface area contributed by atoms with Crippen LogP contribution in [-0.4, -0.2) is 42.9 Å². The standard InChI is InChI=1S/C20H20ClN7O2/c21-16-8-13(28(10-22)11-23)4-5-14(16)20(29)25-12-6-7-27(9-12)17-3-1-2-15-18(17)30-26-19(15)24/h1-5,8,10-12,22-23H,6-7,9H2,(H2,24,26)(H,25,29). The Kier molecular flexibility index (Phi) is 5.28. The predicted octanol–water partition coefficient (Wildman–Crippen LogP) is 3.09. The fraction of sp³-hybridized carbons (Fsp3) is 0.200. The van der Waals surface area contributed by atoms with Gasteiger partial charge in [0.15, 0.2) is 11.4 Å². The number of carbonyl (C=O) groups excluding carboxylic acids is 1. The maximum atomic E-state index is 12.7. The Morgan fingerprint density at radius 2 is 2.13 bits per heavy atom. The first-order chi connectivity index (χ1) is 14.5. The van der Waals surface area contributed by atoms with Crippen LogP contribution >= 0.6 is 11.6 Å². The third kappa shape index (κ3) is 3.55. The number of aromatic nitrogens is 1. The molecule has 4 rings (SSSR count). The second kappa shape index (κ2) is 8.03. The zero-order valence-electron chi connectivity index (χ0n) is 15.9. The number of halogens is 1. The van der Waals surface area contributed by atoms with Gasteiger partial charge < -0.3 is 20.5 Å². The third-order valence-corrected chi connectivity index (χ3v) is 5.46. The highest BCUT2D eigenvalue weighted by Gasteiger charge is 2.27. The normalized spacial score (nSPS) is 15.9. The van der Waals surface area contributed by atoms with Crippen molar-refractivity contribution < 1.29 is 9.32 Å². The molecule has 0 bridgehead atoms. The van der Waals surface area contributed by atoms with Crippen LogP contribution in [0.1, 0.15) is 16.8 Å². The number of rotatable bonds is 6. The molecule has 9 nitrogen and oxygen atoms in total. The maximum absolute atomic E-state index is 12.7. The molecule has 154 valence electrons. The summed E-state index contributed by atoms with van der Waals surface area (Å²) in [5.74, 6) is 0.0929. The van der Waals surface area contributed by atoms with Gasteiger partial charge in [-0.15, -0.1) is 0 Å². The zero-order chi connectivity index (χ0) is 21.3. The molecule has 1 atom stereocenters. The Hall–Kier alpha value is -3.59. The number of benzene rings is 2. The summed E-state index contributed by atoms with van der Waals surface area (Å²) in [6, 6.07) is 10.5. The lowest BCUT2D eigenvalue weighted by atomic mass is 10.1. The number of carbonyl (C=O) groups is 1. The van der Waals surface area contributed by atoms with E-state index in [0.29, 0.717) is 29.2 Å². The van der Waals surface area contributed by atoms with E-state index in [9.17, 15) is 4.79 Å². The summed E-state index contributed by atoms with van der Waals surface area (Å²) in [6.45, 7) is 1.38. The van der Waals surface area contributed by atoms with Crippen LogP contribution in [0.4, 0.5) is 17.2 Å². The van der Waals surface area contributed by atoms with Crippen LogP contribution in [0.5, 0.6) is 0 Å². The largest absolute Gasteiger partial charge is 0.380 e. The molecule has 0 aliphatic carbocycles. The van der Waals surface area contributed by atoms with Crippen molar-refractivity contribution in [3.8, 4) is 0 Å². The minimum Gasteiger partial charge on any atom is -0.380 e. The molecule has 1 aromatic heterocycles. The van der Waals surface area contributed by atoms with Crippen molar-refractivity contribution in [2.75, 3.05) is 28.6 Å². The van der Waals surface area contributed by atoms with Crippen molar-refractivity contribution >= 4 is 58.3 Å². The number of nitrogens with one attached hydrogen (secondary N) is 3. The average Bonchev–Trinajstić information content (AvgIpc) is 3.36. The SMILES string of the molecule is N=CN(C=N)c1ccc(C(=O)NC2CCN(c3cccc4c(N)noc34)C2)c(Cl)c1. The van der Waals surface area contributed by atoms with Crippen molar-refractivity contribution in [3.63, 3.8) is 0 Å². The van der Waals surface area contributed by atoms with Gasteiger partial charge in [0, 0.05) is 24.8 Å². The molecular formula is C20H20ClN7O2. The van der Waals surface area contributed by atoms with Gasteiger partial charge in [-0.2, -0.15) is 0 Å². The number of fused-ring (bicyclic) bond motifs is 1. The number of hydrogen-bond acceptors (Lipinski definition) is 7. The minimum atomic E-state index is -0.267. The Balaban J connectivity index is 1.46. The van der Waals surface area contributed by atoms with Gasteiger partial charge in [-0.05, 0) is 36.8 Å². The molecule has 1 fully saturated rings. The second-order valence-electron chi connectivity index (χ2n) is 6.96. The van der Waals surface area contributed by atoms with Crippen LogP contribution in [0.3, 0.4) is 0 Å². The van der Waals surface area contributed by atoms with Crippen LogP contribution in [0.25, 0.3) is 11.0 Å². The highest BCUT2D eigenvalue weighted by atomic mass is 35.5. The van der Waals surface area contributed by atoms with E-state index in [2.05, 4.69) is 15.4 Å². The van der Waals surface area contributed by atoms with E-state index in [-0.39, 0.29) is 17.0 Å². The molecule has 0 spiro atoms. The molecule has 3 aromatic rings. The first-order valence-electron chi connectivity index (χ1n) is 9.30. The summed E-state index contributed by atoms with van der Waals surface area (Å²) < 4.78 is 5.39. The number of nitrogens with two attached hydrogens (primary N) is 1. The highest BCUT2D eigenvalue weighted by Crippen LogP contribution is 2.32. The van der Waals surface area contributed by atoms with Gasteiger partial charge in [-0.3, -0.25) is 20.5 Å². The molecule has 1 aliphatic heterocycles. The molecule has 10 heteroatoms. The van der Waals surface area contributed by atoms with Crippen LogP contribution in [0.15, 0.2) is 40.9 Å². The monoisotopic (exact) mass is 425 g/mol. The van der Waals surface area contributed by atoms with Crippen LogP contribution in [0, 0.1) is 10.8 Å². The summed E-state index contributed by atoms with van der Waals surface area (Å²) in [5.41, 5.74) is 8.26. The maximum Gasteiger partial charge on any atom is 0.253 e. The molecule has 0 saturated carbocycles. The minimum absolute atomic E-state index is 0.0524. The summed E-state index contributed by atoms with van der Waals surface area (Å²) in [4.78, 5) is 16.1. The first-order valence-corrected chi connectivity index (χ1v) is 9.68. The molecule has 1 saturated heterocycles. The lowest BCUT2D eigenvalue weighted by Gasteiger charge is -2.19. The van der Waals surface area contributed by atoms with Gasteiger partial charge in [-0.1, -0.05) is 22.8 Å². The lowest BCUT2D eigenvalue weighted by Crippen LogP contribution is -2.37. The summed E-state index contributed by atoms with van der Waals surface area (Å²) in [5, 5.41) is 22.5. The molecular weight excluding hydrogens is 406 g/mol. The smallest absolute Gasteiger partial charge is 0.253 e. The first kappa shape index (κ1) is 19.7. The van der Waals surface area contributed by atoms with E-state index < -0.39 is 0 Å². The number of para-hydroxylation sites is 1. The van der Waals surface area contributed by atoms with Gasteiger partial charge in [-0.25, -0.2) is 0 Å².